The van der Waals surface area contributed by atoms with Gasteiger partial charge in [0.05, 0.1) is 41.5 Å². The van der Waals surface area contributed by atoms with Crippen molar-refractivity contribution < 1.29 is 28.2 Å². The molecule has 40 heavy (non-hydrogen) atoms. The first-order valence-corrected chi connectivity index (χ1v) is 13.2. The number of fused-ring (bicyclic) bond motifs is 1. The van der Waals surface area contributed by atoms with Crippen LogP contribution in [0.5, 0.6) is 5.75 Å². The van der Waals surface area contributed by atoms with E-state index in [1.54, 1.807) is 24.3 Å². The van der Waals surface area contributed by atoms with Crippen LogP contribution in [0, 0.1) is 11.6 Å². The highest BCUT2D eigenvalue weighted by molar-refractivity contribution is 6.30. The van der Waals surface area contributed by atoms with E-state index < -0.39 is 17.6 Å². The van der Waals surface area contributed by atoms with Crippen molar-refractivity contribution in [1.82, 2.24) is 19.4 Å². The highest BCUT2D eigenvalue weighted by Gasteiger charge is 2.25. The van der Waals surface area contributed by atoms with Crippen LogP contribution < -0.4 is 4.74 Å². The van der Waals surface area contributed by atoms with E-state index in [2.05, 4.69) is 9.88 Å². The lowest BCUT2D eigenvalue weighted by Crippen LogP contribution is -2.32. The van der Waals surface area contributed by atoms with Gasteiger partial charge in [0.2, 0.25) is 0 Å². The maximum atomic E-state index is 14.5. The van der Waals surface area contributed by atoms with Crippen molar-refractivity contribution in [2.24, 2.45) is 0 Å². The number of nitrogens with zero attached hydrogens (tertiary/aromatic N) is 4. The summed E-state index contributed by atoms with van der Waals surface area (Å²) in [6.07, 6.45) is 3.05. The minimum atomic E-state index is -0.987. The summed E-state index contributed by atoms with van der Waals surface area (Å²) >= 11 is 5.78. The van der Waals surface area contributed by atoms with Gasteiger partial charge in [-0.3, -0.25) is 4.90 Å². The second kappa shape index (κ2) is 11.0. The van der Waals surface area contributed by atoms with Crippen LogP contribution in [0.4, 0.5) is 8.78 Å². The number of aromatic carboxylic acids is 1. The molecule has 1 fully saturated rings. The Morgan fingerprint density at radius 2 is 1.98 bits per heavy atom. The molecule has 1 N–H and O–H groups in total. The van der Waals surface area contributed by atoms with Gasteiger partial charge in [-0.05, 0) is 60.5 Å². The smallest absolute Gasteiger partial charge is 0.335 e. The average Bonchev–Trinajstić information content (AvgIpc) is 3.50. The Morgan fingerprint density at radius 3 is 2.73 bits per heavy atom. The third-order valence-electron chi connectivity index (χ3n) is 7.11. The zero-order valence-electron chi connectivity index (χ0n) is 21.3. The lowest BCUT2D eigenvalue weighted by atomic mass is 10.1. The van der Waals surface area contributed by atoms with E-state index in [-0.39, 0.29) is 34.7 Å². The van der Waals surface area contributed by atoms with Crippen molar-refractivity contribution in [2.45, 2.75) is 32.2 Å². The van der Waals surface area contributed by atoms with Crippen LogP contribution in [-0.2, 0) is 24.4 Å². The topological polar surface area (TPSA) is 89.7 Å². The number of ether oxygens (including phenoxy) is 2. The molecule has 1 saturated heterocycles. The number of halogens is 3. The second-order valence-corrected chi connectivity index (χ2v) is 10.3. The number of carbonyl (C=O) groups is 1. The molecule has 2 aromatic carbocycles. The molecule has 6 rings (SSSR count). The van der Waals surface area contributed by atoms with Crippen molar-refractivity contribution in [2.75, 3.05) is 19.7 Å². The number of pyridine rings is 1. The van der Waals surface area contributed by atoms with Crippen LogP contribution in [0.3, 0.4) is 0 Å². The summed E-state index contributed by atoms with van der Waals surface area (Å²) in [5.41, 5.74) is 3.32. The fraction of sp³-hybridized carbons (Fsp3) is 0.276. The van der Waals surface area contributed by atoms with Gasteiger partial charge in [0.15, 0.2) is 11.6 Å². The summed E-state index contributed by atoms with van der Waals surface area (Å²) in [4.78, 5) is 23.0. The van der Waals surface area contributed by atoms with Gasteiger partial charge in [0.25, 0.3) is 0 Å². The minimum absolute atomic E-state index is 0.0343. The predicted molar refractivity (Wildman–Crippen MR) is 144 cm³/mol. The minimum Gasteiger partial charge on any atom is -0.484 e. The monoisotopic (exact) mass is 566 g/mol. The second-order valence-electron chi connectivity index (χ2n) is 9.82. The fourth-order valence-electron chi connectivity index (χ4n) is 4.88. The number of hydrogen-bond donors (Lipinski definition) is 1. The first-order chi connectivity index (χ1) is 19.3. The van der Waals surface area contributed by atoms with Gasteiger partial charge in [0.1, 0.15) is 23.9 Å². The number of hydrogen-bond acceptors (Lipinski definition) is 6. The van der Waals surface area contributed by atoms with E-state index in [0.717, 1.165) is 41.5 Å². The molecule has 0 unspecified atom stereocenters. The molecular weight excluding hydrogens is 542 g/mol. The molecule has 0 spiro atoms. The fourth-order valence-corrected chi connectivity index (χ4v) is 5.04. The maximum Gasteiger partial charge on any atom is 0.335 e. The highest BCUT2D eigenvalue weighted by Crippen LogP contribution is 2.27. The summed E-state index contributed by atoms with van der Waals surface area (Å²) in [7, 11) is 0. The Labute approximate surface area is 233 Å². The molecule has 0 amide bonds. The summed E-state index contributed by atoms with van der Waals surface area (Å²) in [5.74, 6) is -1.38. The van der Waals surface area contributed by atoms with Gasteiger partial charge in [-0.1, -0.05) is 17.7 Å². The molecule has 8 nitrogen and oxygen atoms in total. The molecule has 0 radical (unpaired) electrons. The van der Waals surface area contributed by atoms with E-state index in [1.165, 1.54) is 18.2 Å². The summed E-state index contributed by atoms with van der Waals surface area (Å²) < 4.78 is 41.7. The predicted octanol–water partition coefficient (Wildman–Crippen LogP) is 5.33. The molecule has 0 aliphatic carbocycles. The van der Waals surface area contributed by atoms with Crippen molar-refractivity contribution in [1.29, 1.82) is 0 Å². The SMILES string of the molecule is O=C(O)c1ccc2nc(CN3CC=C(c4ccc(F)c(COc5ccc(Cl)cc5F)n4)C3)n(C[C@@H]3CCO3)c2c1. The van der Waals surface area contributed by atoms with Crippen LogP contribution in [0.2, 0.25) is 5.02 Å². The molecule has 0 bridgehead atoms. The van der Waals surface area contributed by atoms with Crippen LogP contribution in [0.15, 0.2) is 54.6 Å². The molecule has 4 heterocycles. The summed E-state index contributed by atoms with van der Waals surface area (Å²) in [6.45, 7) is 2.81. The number of imidazole rings is 1. The number of benzene rings is 2. The Hall–Kier alpha value is -3.86. The Kier molecular flexibility index (Phi) is 7.22. The van der Waals surface area contributed by atoms with Crippen LogP contribution >= 0.6 is 11.6 Å². The number of aromatic nitrogens is 3. The largest absolute Gasteiger partial charge is 0.484 e. The van der Waals surface area contributed by atoms with Gasteiger partial charge in [-0.15, -0.1) is 0 Å². The van der Waals surface area contributed by atoms with Crippen LogP contribution in [0.25, 0.3) is 16.6 Å². The van der Waals surface area contributed by atoms with Crippen molar-refractivity contribution in [3.8, 4) is 5.75 Å². The molecule has 11 heteroatoms. The van der Waals surface area contributed by atoms with E-state index in [4.69, 9.17) is 26.1 Å². The Bertz CT molecular complexity index is 1640. The molecule has 206 valence electrons. The van der Waals surface area contributed by atoms with Gasteiger partial charge < -0.3 is 19.1 Å². The van der Waals surface area contributed by atoms with Crippen molar-refractivity contribution in [3.63, 3.8) is 0 Å². The Balaban J connectivity index is 1.17. The van der Waals surface area contributed by atoms with Gasteiger partial charge in [-0.25, -0.2) is 23.5 Å². The maximum absolute atomic E-state index is 14.5. The molecule has 2 aliphatic rings. The molecule has 4 aromatic rings. The molecule has 0 saturated carbocycles. The van der Waals surface area contributed by atoms with Crippen LogP contribution in [-0.4, -0.2) is 56.3 Å². The number of carboxylic acids is 1. The molecule has 2 aliphatic heterocycles. The summed E-state index contributed by atoms with van der Waals surface area (Å²) in [6, 6.07) is 11.9. The quantitative estimate of drug-likeness (QED) is 0.293. The molecule has 2 aromatic heterocycles. The number of rotatable bonds is 9. The zero-order chi connectivity index (χ0) is 27.8. The standard InChI is InChI=1S/C29H25ClF2N4O4/c30-19-2-6-27(22(32)12-19)40-16-25-21(31)3-5-23(33-25)18-7-9-35(13-18)15-28-34-24-4-1-17(29(37)38)11-26(24)36(28)14-20-8-10-39-20/h1-7,11-12,20H,8-10,13-16H2,(H,37,38)/t20-/m0/s1. The average molecular weight is 567 g/mol. The lowest BCUT2D eigenvalue weighted by molar-refractivity contribution is -0.0591. The zero-order valence-corrected chi connectivity index (χ0v) is 22.1. The first kappa shape index (κ1) is 26.4. The molecule has 1 atom stereocenters. The van der Waals surface area contributed by atoms with Crippen molar-refractivity contribution in [3.05, 3.63) is 94.0 Å². The first-order valence-electron chi connectivity index (χ1n) is 12.8. The van der Waals surface area contributed by atoms with Crippen molar-refractivity contribution >= 4 is 34.2 Å². The third kappa shape index (κ3) is 5.42. The van der Waals surface area contributed by atoms with E-state index >= 15 is 0 Å². The highest BCUT2D eigenvalue weighted by atomic mass is 35.5. The third-order valence-corrected chi connectivity index (χ3v) is 7.35. The lowest BCUT2D eigenvalue weighted by Gasteiger charge is -2.28. The van der Waals surface area contributed by atoms with E-state index in [1.807, 2.05) is 10.6 Å². The van der Waals surface area contributed by atoms with Crippen LogP contribution in [0.1, 0.15) is 34.0 Å². The van der Waals surface area contributed by atoms with E-state index in [9.17, 15) is 18.7 Å². The van der Waals surface area contributed by atoms with E-state index in [0.29, 0.717) is 31.9 Å². The van der Waals surface area contributed by atoms with Gasteiger partial charge >= 0.3 is 5.97 Å². The van der Waals surface area contributed by atoms with Gasteiger partial charge in [0, 0.05) is 24.7 Å². The summed E-state index contributed by atoms with van der Waals surface area (Å²) in [5, 5.41) is 9.71. The molecular formula is C29H25ClF2N4O4. The Morgan fingerprint density at radius 1 is 1.12 bits per heavy atom. The number of carboxylic acid groups (broad SMARTS) is 1. The normalized spacial score (nSPS) is 17.2. The van der Waals surface area contributed by atoms with Gasteiger partial charge in [-0.2, -0.15) is 0 Å².